The number of ketones is 2. The molecule has 0 saturated heterocycles. The van der Waals surface area contributed by atoms with Gasteiger partial charge in [0.15, 0.2) is 5.78 Å². The molecule has 1 aromatic rings. The van der Waals surface area contributed by atoms with E-state index in [4.69, 9.17) is 10.2 Å². The zero-order valence-corrected chi connectivity index (χ0v) is 16.0. The highest BCUT2D eigenvalue weighted by Gasteiger charge is 2.26. The first-order valence-corrected chi connectivity index (χ1v) is 8.67. The lowest BCUT2D eigenvalue weighted by Crippen LogP contribution is -2.26. The van der Waals surface area contributed by atoms with E-state index < -0.39 is 23.8 Å². The summed E-state index contributed by atoms with van der Waals surface area (Å²) in [6.45, 7) is 8.65. The Bertz CT molecular complexity index is 647. The van der Waals surface area contributed by atoms with Crippen LogP contribution in [-0.4, -0.2) is 33.7 Å². The predicted octanol–water partition coefficient (Wildman–Crippen LogP) is 3.61. The minimum absolute atomic E-state index is 0.181. The van der Waals surface area contributed by atoms with Gasteiger partial charge in [0.1, 0.15) is 17.6 Å². The summed E-state index contributed by atoms with van der Waals surface area (Å²) in [5.41, 5.74) is 1.33. The minimum Gasteiger partial charge on any atom is -0.481 e. The van der Waals surface area contributed by atoms with E-state index in [1.807, 2.05) is 19.1 Å². The molecule has 0 aliphatic heterocycles. The van der Waals surface area contributed by atoms with Crippen LogP contribution in [0.2, 0.25) is 0 Å². The third kappa shape index (κ3) is 6.78. The number of carbonyl (C=O) groups excluding carboxylic acids is 2. The summed E-state index contributed by atoms with van der Waals surface area (Å²) < 4.78 is 0. The molecule has 6 nitrogen and oxygen atoms in total. The van der Waals surface area contributed by atoms with Crippen LogP contribution in [0.4, 0.5) is 0 Å². The molecular formula is C20H28O6. The summed E-state index contributed by atoms with van der Waals surface area (Å²) >= 11 is 0. The van der Waals surface area contributed by atoms with Crippen molar-refractivity contribution in [3.63, 3.8) is 0 Å². The monoisotopic (exact) mass is 364 g/mol. The molecule has 0 fully saturated rings. The molecule has 0 spiro atoms. The van der Waals surface area contributed by atoms with Crippen molar-refractivity contribution < 1.29 is 29.4 Å². The maximum absolute atomic E-state index is 11.9. The molecule has 1 rings (SSSR count). The van der Waals surface area contributed by atoms with E-state index >= 15 is 0 Å². The molecule has 0 radical (unpaired) electrons. The predicted molar refractivity (Wildman–Crippen MR) is 98.2 cm³/mol. The lowest BCUT2D eigenvalue weighted by Gasteiger charge is -2.10. The fraction of sp³-hybridized carbons (Fsp3) is 0.500. The molecule has 6 heteroatoms. The van der Waals surface area contributed by atoms with Gasteiger partial charge in [0, 0.05) is 11.5 Å². The lowest BCUT2D eigenvalue weighted by atomic mass is 9.93. The Morgan fingerprint density at radius 3 is 1.65 bits per heavy atom. The van der Waals surface area contributed by atoms with Crippen molar-refractivity contribution >= 4 is 23.5 Å². The van der Waals surface area contributed by atoms with Gasteiger partial charge in [-0.1, -0.05) is 52.0 Å². The highest BCUT2D eigenvalue weighted by atomic mass is 16.4. The van der Waals surface area contributed by atoms with E-state index in [-0.39, 0.29) is 17.5 Å². The minimum atomic E-state index is -1.05. The zero-order valence-electron chi connectivity index (χ0n) is 16.0. The van der Waals surface area contributed by atoms with Gasteiger partial charge in [0.25, 0.3) is 0 Å². The average Bonchev–Trinajstić information content (AvgIpc) is 2.56. The Labute approximate surface area is 154 Å². The maximum Gasteiger partial charge on any atom is 0.314 e. The summed E-state index contributed by atoms with van der Waals surface area (Å²) in [4.78, 5) is 44.3. The number of rotatable bonds is 8. The second-order valence-corrected chi connectivity index (χ2v) is 6.33. The lowest BCUT2D eigenvalue weighted by molar-refractivity contribution is -0.147. The number of hydrogen-bond donors (Lipinski definition) is 2. The molecule has 0 bridgehead atoms. The molecule has 1 aromatic carbocycles. The van der Waals surface area contributed by atoms with Crippen molar-refractivity contribution in [3.8, 4) is 0 Å². The molecule has 0 amide bonds. The maximum atomic E-state index is 11.9. The van der Waals surface area contributed by atoms with Gasteiger partial charge < -0.3 is 10.2 Å². The first kappa shape index (κ1) is 23.5. The van der Waals surface area contributed by atoms with E-state index in [1.54, 1.807) is 39.8 Å². The van der Waals surface area contributed by atoms with E-state index in [0.717, 1.165) is 5.56 Å². The van der Waals surface area contributed by atoms with Gasteiger partial charge in [-0.25, -0.2) is 0 Å². The summed E-state index contributed by atoms with van der Waals surface area (Å²) in [5, 5.41) is 17.4. The number of carboxylic acid groups (broad SMARTS) is 2. The van der Waals surface area contributed by atoms with Gasteiger partial charge in [-0.15, -0.1) is 0 Å². The molecule has 0 heterocycles. The van der Waals surface area contributed by atoms with Gasteiger partial charge in [0.2, 0.25) is 0 Å². The topological polar surface area (TPSA) is 109 Å². The fourth-order valence-electron chi connectivity index (χ4n) is 2.41. The highest BCUT2D eigenvalue weighted by Crippen LogP contribution is 2.16. The fourth-order valence-corrected chi connectivity index (χ4v) is 2.41. The van der Waals surface area contributed by atoms with Crippen LogP contribution in [0.25, 0.3) is 0 Å². The van der Waals surface area contributed by atoms with Gasteiger partial charge in [0.05, 0.1) is 0 Å². The van der Waals surface area contributed by atoms with Gasteiger partial charge in [-0.05, 0) is 25.3 Å². The van der Waals surface area contributed by atoms with Gasteiger partial charge in [-0.3, -0.25) is 19.2 Å². The van der Waals surface area contributed by atoms with Crippen molar-refractivity contribution in [3.05, 3.63) is 35.4 Å². The SMILES string of the molecule is CCC(C(=O)O)C(=O)C(C)C.CCC(C(=O)O)C(=O)c1ccccc1C. The third-order valence-electron chi connectivity index (χ3n) is 4.05. The van der Waals surface area contributed by atoms with E-state index in [9.17, 15) is 19.2 Å². The molecule has 2 unspecified atom stereocenters. The molecule has 2 atom stereocenters. The second-order valence-electron chi connectivity index (χ2n) is 6.33. The quantitative estimate of drug-likeness (QED) is 0.539. The number of hydrogen-bond acceptors (Lipinski definition) is 4. The molecular weight excluding hydrogens is 336 g/mol. The largest absolute Gasteiger partial charge is 0.481 e. The summed E-state index contributed by atoms with van der Waals surface area (Å²) in [6, 6.07) is 7.05. The summed E-state index contributed by atoms with van der Waals surface area (Å²) in [7, 11) is 0. The van der Waals surface area contributed by atoms with Crippen LogP contribution in [0.15, 0.2) is 24.3 Å². The van der Waals surface area contributed by atoms with Crippen LogP contribution in [-0.2, 0) is 14.4 Å². The smallest absolute Gasteiger partial charge is 0.314 e. The van der Waals surface area contributed by atoms with Crippen molar-refractivity contribution in [2.45, 2.75) is 47.5 Å². The van der Waals surface area contributed by atoms with Crippen molar-refractivity contribution in [1.29, 1.82) is 0 Å². The zero-order chi connectivity index (χ0) is 20.4. The Hall–Kier alpha value is -2.50. The number of carbonyl (C=O) groups is 4. The number of Topliss-reactive ketones (excluding diaryl/α,β-unsaturated/α-hetero) is 2. The Kier molecular flexibility index (Phi) is 10.1. The van der Waals surface area contributed by atoms with E-state index in [1.165, 1.54) is 0 Å². The highest BCUT2D eigenvalue weighted by molar-refractivity contribution is 6.08. The van der Waals surface area contributed by atoms with Crippen LogP contribution >= 0.6 is 0 Å². The molecule has 0 aliphatic carbocycles. The number of carboxylic acids is 2. The molecule has 0 saturated carbocycles. The molecule has 26 heavy (non-hydrogen) atoms. The summed E-state index contributed by atoms with van der Waals surface area (Å²) in [5.74, 6) is -4.46. The summed E-state index contributed by atoms with van der Waals surface area (Å²) in [6.07, 6.45) is 0.703. The number of benzene rings is 1. The normalized spacial score (nSPS) is 12.5. The molecule has 144 valence electrons. The Morgan fingerprint density at radius 1 is 0.885 bits per heavy atom. The molecule has 2 N–H and O–H groups in total. The average molecular weight is 364 g/mol. The first-order valence-electron chi connectivity index (χ1n) is 8.67. The van der Waals surface area contributed by atoms with Crippen LogP contribution in [0.1, 0.15) is 56.5 Å². The van der Waals surface area contributed by atoms with Crippen molar-refractivity contribution in [1.82, 2.24) is 0 Å². The second kappa shape index (κ2) is 11.2. The van der Waals surface area contributed by atoms with Gasteiger partial charge in [-0.2, -0.15) is 0 Å². The van der Waals surface area contributed by atoms with E-state index in [0.29, 0.717) is 18.4 Å². The molecule has 0 aliphatic rings. The van der Waals surface area contributed by atoms with E-state index in [2.05, 4.69) is 0 Å². The van der Waals surface area contributed by atoms with Crippen LogP contribution in [0.3, 0.4) is 0 Å². The first-order chi connectivity index (χ1) is 12.1. The van der Waals surface area contributed by atoms with Crippen LogP contribution in [0, 0.1) is 24.7 Å². The number of aryl methyl sites for hydroxylation is 1. The Morgan fingerprint density at radius 2 is 1.35 bits per heavy atom. The molecule has 0 aromatic heterocycles. The van der Waals surface area contributed by atoms with Crippen molar-refractivity contribution in [2.24, 2.45) is 17.8 Å². The van der Waals surface area contributed by atoms with Crippen molar-refractivity contribution in [2.75, 3.05) is 0 Å². The number of aliphatic carboxylic acids is 2. The Balaban J connectivity index is 0.000000508. The standard InChI is InChI=1S/C12H14O3.C8H14O3/c1-3-9(12(14)15)11(13)10-7-5-4-6-8(10)2;1-4-6(8(10)11)7(9)5(2)3/h4-7,9H,3H2,1-2H3,(H,14,15);5-6H,4H2,1-3H3,(H,10,11). The third-order valence-corrected chi connectivity index (χ3v) is 4.05. The van der Waals surface area contributed by atoms with Crippen LogP contribution < -0.4 is 0 Å². The van der Waals surface area contributed by atoms with Gasteiger partial charge >= 0.3 is 11.9 Å². The van der Waals surface area contributed by atoms with Crippen LogP contribution in [0.5, 0.6) is 0 Å².